The van der Waals surface area contributed by atoms with E-state index in [1.165, 1.54) is 19.3 Å². The molecule has 1 heterocycles. The van der Waals surface area contributed by atoms with E-state index in [0.29, 0.717) is 6.04 Å². The van der Waals surface area contributed by atoms with Gasteiger partial charge in [-0.25, -0.2) is 0 Å². The summed E-state index contributed by atoms with van der Waals surface area (Å²) in [5.41, 5.74) is 1.15. The smallest absolute Gasteiger partial charge is 0.0762 e. The fourth-order valence-corrected chi connectivity index (χ4v) is 2.76. The van der Waals surface area contributed by atoms with Gasteiger partial charge in [0, 0.05) is 25.8 Å². The lowest BCUT2D eigenvalue weighted by atomic mass is 9.80. The van der Waals surface area contributed by atoms with E-state index < -0.39 is 0 Å². The maximum atomic E-state index is 4.39. The predicted octanol–water partition coefficient (Wildman–Crippen LogP) is 2.33. The minimum absolute atomic E-state index is 0.679. The number of nitrogens with zero attached hydrogens (tertiary/aromatic N) is 2. The van der Waals surface area contributed by atoms with Crippen LogP contribution in [0, 0.1) is 11.8 Å². The van der Waals surface area contributed by atoms with Crippen molar-refractivity contribution in [2.75, 3.05) is 0 Å². The Morgan fingerprint density at radius 3 is 2.88 bits per heavy atom. The fraction of sp³-hybridized carbons (Fsp3) is 0.769. The van der Waals surface area contributed by atoms with Crippen LogP contribution in [-0.2, 0) is 13.6 Å². The predicted molar refractivity (Wildman–Crippen MR) is 66.0 cm³/mol. The van der Waals surface area contributed by atoms with Crippen molar-refractivity contribution in [3.8, 4) is 0 Å². The molecule has 0 bridgehead atoms. The zero-order chi connectivity index (χ0) is 11.5. The SMILES string of the molecule is CC1CCC(NCc2ccn(C)n2)C(C)C1. The minimum Gasteiger partial charge on any atom is -0.308 e. The van der Waals surface area contributed by atoms with E-state index in [1.807, 2.05) is 17.9 Å². The molecule has 0 radical (unpaired) electrons. The Kier molecular flexibility index (Phi) is 3.64. The highest BCUT2D eigenvalue weighted by molar-refractivity contribution is 4.98. The molecule has 1 aromatic rings. The highest BCUT2D eigenvalue weighted by Gasteiger charge is 2.24. The third-order valence-corrected chi connectivity index (χ3v) is 3.75. The van der Waals surface area contributed by atoms with Gasteiger partial charge in [0.1, 0.15) is 0 Å². The van der Waals surface area contributed by atoms with E-state index in [0.717, 1.165) is 24.1 Å². The molecule has 3 atom stereocenters. The topological polar surface area (TPSA) is 29.9 Å². The van der Waals surface area contributed by atoms with Gasteiger partial charge in [-0.2, -0.15) is 5.10 Å². The summed E-state index contributed by atoms with van der Waals surface area (Å²) in [6.07, 6.45) is 6.04. The first-order chi connectivity index (χ1) is 7.65. The Balaban J connectivity index is 1.81. The lowest BCUT2D eigenvalue weighted by Gasteiger charge is -2.33. The molecule has 1 N–H and O–H groups in total. The lowest BCUT2D eigenvalue weighted by Crippen LogP contribution is -2.38. The standard InChI is InChI=1S/C13H23N3/c1-10-4-5-13(11(2)8-10)14-9-12-6-7-16(3)15-12/h6-7,10-11,13-14H,4-5,8-9H2,1-3H3. The molecule has 3 heteroatoms. The second-order valence-corrected chi connectivity index (χ2v) is 5.36. The summed E-state index contributed by atoms with van der Waals surface area (Å²) in [7, 11) is 1.97. The summed E-state index contributed by atoms with van der Waals surface area (Å²) in [4.78, 5) is 0. The minimum atomic E-state index is 0.679. The Bertz CT molecular complexity index is 332. The van der Waals surface area contributed by atoms with Gasteiger partial charge in [-0.1, -0.05) is 13.8 Å². The summed E-state index contributed by atoms with van der Waals surface area (Å²) in [6, 6.07) is 2.77. The molecule has 1 saturated carbocycles. The van der Waals surface area contributed by atoms with Crippen molar-refractivity contribution in [2.24, 2.45) is 18.9 Å². The van der Waals surface area contributed by atoms with Crippen molar-refractivity contribution in [2.45, 2.75) is 45.7 Å². The summed E-state index contributed by atoms with van der Waals surface area (Å²) < 4.78 is 1.86. The largest absolute Gasteiger partial charge is 0.308 e. The van der Waals surface area contributed by atoms with Gasteiger partial charge in [0.2, 0.25) is 0 Å². The van der Waals surface area contributed by atoms with Gasteiger partial charge in [0.25, 0.3) is 0 Å². The molecule has 3 nitrogen and oxygen atoms in total. The van der Waals surface area contributed by atoms with Crippen molar-refractivity contribution in [3.63, 3.8) is 0 Å². The molecule has 0 saturated heterocycles. The Hall–Kier alpha value is -0.830. The van der Waals surface area contributed by atoms with Crippen molar-refractivity contribution in [1.29, 1.82) is 0 Å². The summed E-state index contributed by atoms with van der Waals surface area (Å²) in [6.45, 7) is 5.64. The summed E-state index contributed by atoms with van der Waals surface area (Å²) in [5.74, 6) is 1.70. The second-order valence-electron chi connectivity index (χ2n) is 5.36. The molecule has 1 aliphatic carbocycles. The molecule has 1 aromatic heterocycles. The maximum absolute atomic E-state index is 4.39. The van der Waals surface area contributed by atoms with Gasteiger partial charge in [0.05, 0.1) is 5.69 Å². The van der Waals surface area contributed by atoms with E-state index >= 15 is 0 Å². The molecule has 0 aliphatic heterocycles. The van der Waals surface area contributed by atoms with Crippen LogP contribution in [0.25, 0.3) is 0 Å². The Morgan fingerprint density at radius 2 is 2.25 bits per heavy atom. The fourth-order valence-electron chi connectivity index (χ4n) is 2.76. The van der Waals surface area contributed by atoms with Crippen molar-refractivity contribution in [3.05, 3.63) is 18.0 Å². The Morgan fingerprint density at radius 1 is 1.44 bits per heavy atom. The monoisotopic (exact) mass is 221 g/mol. The number of aromatic nitrogens is 2. The average Bonchev–Trinajstić information content (AvgIpc) is 2.63. The molecule has 3 unspecified atom stereocenters. The number of hydrogen-bond donors (Lipinski definition) is 1. The van der Waals surface area contributed by atoms with Crippen LogP contribution >= 0.6 is 0 Å². The van der Waals surface area contributed by atoms with Crippen LogP contribution in [0.4, 0.5) is 0 Å². The van der Waals surface area contributed by atoms with E-state index in [9.17, 15) is 0 Å². The molecule has 2 rings (SSSR count). The molecule has 0 spiro atoms. The molecule has 90 valence electrons. The van der Waals surface area contributed by atoms with Crippen molar-refractivity contribution >= 4 is 0 Å². The lowest BCUT2D eigenvalue weighted by molar-refractivity contribution is 0.226. The molecule has 1 aliphatic rings. The van der Waals surface area contributed by atoms with Crippen LogP contribution in [0.1, 0.15) is 38.8 Å². The van der Waals surface area contributed by atoms with Crippen LogP contribution < -0.4 is 5.32 Å². The van der Waals surface area contributed by atoms with Gasteiger partial charge < -0.3 is 5.32 Å². The van der Waals surface area contributed by atoms with E-state index in [4.69, 9.17) is 0 Å². The quantitative estimate of drug-likeness (QED) is 0.849. The molecule has 1 fully saturated rings. The van der Waals surface area contributed by atoms with Crippen LogP contribution in [0.2, 0.25) is 0 Å². The maximum Gasteiger partial charge on any atom is 0.0762 e. The van der Waals surface area contributed by atoms with Crippen molar-refractivity contribution in [1.82, 2.24) is 15.1 Å². The van der Waals surface area contributed by atoms with Crippen molar-refractivity contribution < 1.29 is 0 Å². The van der Waals surface area contributed by atoms with Gasteiger partial charge in [-0.15, -0.1) is 0 Å². The molecular formula is C13H23N3. The van der Waals surface area contributed by atoms with Crippen LogP contribution in [0.15, 0.2) is 12.3 Å². The third kappa shape index (κ3) is 2.85. The zero-order valence-corrected chi connectivity index (χ0v) is 10.6. The first-order valence-corrected chi connectivity index (χ1v) is 6.37. The Labute approximate surface area is 98.2 Å². The van der Waals surface area contributed by atoms with E-state index in [1.54, 1.807) is 0 Å². The molecular weight excluding hydrogens is 198 g/mol. The third-order valence-electron chi connectivity index (χ3n) is 3.75. The van der Waals surface area contributed by atoms with Gasteiger partial charge in [-0.3, -0.25) is 4.68 Å². The molecule has 16 heavy (non-hydrogen) atoms. The summed E-state index contributed by atoms with van der Waals surface area (Å²) >= 11 is 0. The normalized spacial score (nSPS) is 30.6. The number of hydrogen-bond acceptors (Lipinski definition) is 2. The number of nitrogens with one attached hydrogen (secondary N) is 1. The number of aryl methyl sites for hydroxylation is 1. The molecule has 0 amide bonds. The highest BCUT2D eigenvalue weighted by Crippen LogP contribution is 2.28. The van der Waals surface area contributed by atoms with Gasteiger partial charge in [0.15, 0.2) is 0 Å². The van der Waals surface area contributed by atoms with Crippen LogP contribution in [-0.4, -0.2) is 15.8 Å². The first kappa shape index (κ1) is 11.6. The first-order valence-electron chi connectivity index (χ1n) is 6.37. The average molecular weight is 221 g/mol. The van der Waals surface area contributed by atoms with E-state index in [-0.39, 0.29) is 0 Å². The molecule has 0 aromatic carbocycles. The number of rotatable bonds is 3. The van der Waals surface area contributed by atoms with Crippen LogP contribution in [0.5, 0.6) is 0 Å². The van der Waals surface area contributed by atoms with Gasteiger partial charge >= 0.3 is 0 Å². The van der Waals surface area contributed by atoms with E-state index in [2.05, 4.69) is 30.3 Å². The summed E-state index contributed by atoms with van der Waals surface area (Å²) in [5, 5.41) is 8.03. The highest BCUT2D eigenvalue weighted by atomic mass is 15.3. The second kappa shape index (κ2) is 5.00. The van der Waals surface area contributed by atoms with Gasteiger partial charge in [-0.05, 0) is 37.2 Å². The van der Waals surface area contributed by atoms with Crippen LogP contribution in [0.3, 0.4) is 0 Å². The zero-order valence-electron chi connectivity index (χ0n) is 10.6.